The van der Waals surface area contributed by atoms with Crippen LogP contribution in [0.1, 0.15) is 24.1 Å². The molecule has 3 aromatic carbocycles. The minimum atomic E-state index is -0.759. The summed E-state index contributed by atoms with van der Waals surface area (Å²) in [6, 6.07) is 22.1. The van der Waals surface area contributed by atoms with Gasteiger partial charge in [-0.25, -0.2) is 9.38 Å². The first-order chi connectivity index (χ1) is 18.0. The number of nitrogens with one attached hydrogen (secondary N) is 2. The van der Waals surface area contributed by atoms with Crippen molar-refractivity contribution >= 4 is 39.9 Å². The number of amides is 1. The van der Waals surface area contributed by atoms with E-state index < -0.39 is 11.9 Å². The number of nitrogens with zero attached hydrogens (tertiary/aromatic N) is 2. The van der Waals surface area contributed by atoms with Crippen LogP contribution in [0.2, 0.25) is 0 Å². The molecule has 1 atom stereocenters. The van der Waals surface area contributed by atoms with Crippen molar-refractivity contribution in [1.82, 2.24) is 9.55 Å². The van der Waals surface area contributed by atoms with Crippen LogP contribution in [0.5, 0.6) is 0 Å². The van der Waals surface area contributed by atoms with Gasteiger partial charge in [0.1, 0.15) is 5.82 Å². The fourth-order valence-corrected chi connectivity index (χ4v) is 5.68. The average Bonchev–Trinajstić information content (AvgIpc) is 3.45. The van der Waals surface area contributed by atoms with Gasteiger partial charge in [-0.3, -0.25) is 14.2 Å². The van der Waals surface area contributed by atoms with E-state index in [1.165, 1.54) is 28.0 Å². The van der Waals surface area contributed by atoms with E-state index in [1.807, 2.05) is 54.7 Å². The van der Waals surface area contributed by atoms with Crippen LogP contribution in [0.3, 0.4) is 0 Å². The zero-order valence-corrected chi connectivity index (χ0v) is 20.6. The van der Waals surface area contributed by atoms with Gasteiger partial charge in [0, 0.05) is 28.4 Å². The quantitative estimate of drug-likeness (QED) is 0.375. The second kappa shape index (κ2) is 9.15. The summed E-state index contributed by atoms with van der Waals surface area (Å²) in [4.78, 5) is 35.7. The minimum Gasteiger partial charge on any atom is -0.361 e. The summed E-state index contributed by atoms with van der Waals surface area (Å²) in [5, 5.41) is 3.91. The highest BCUT2D eigenvalue weighted by atomic mass is 32.1. The molecule has 6 rings (SSSR count). The summed E-state index contributed by atoms with van der Waals surface area (Å²) in [7, 11) is 0. The van der Waals surface area contributed by atoms with Crippen LogP contribution in [0.15, 0.2) is 106 Å². The lowest BCUT2D eigenvalue weighted by molar-refractivity contribution is -0.113. The van der Waals surface area contributed by atoms with Crippen molar-refractivity contribution in [3.63, 3.8) is 0 Å². The molecule has 0 aliphatic carbocycles. The van der Waals surface area contributed by atoms with Gasteiger partial charge in [-0.2, -0.15) is 0 Å². The summed E-state index contributed by atoms with van der Waals surface area (Å²) in [6.07, 6.45) is 3.71. The maximum absolute atomic E-state index is 13.8. The molecule has 1 amide bonds. The van der Waals surface area contributed by atoms with Gasteiger partial charge in [-0.1, -0.05) is 59.9 Å². The predicted molar refractivity (Wildman–Crippen MR) is 144 cm³/mol. The molecule has 1 aliphatic rings. The Morgan fingerprint density at radius 2 is 1.78 bits per heavy atom. The van der Waals surface area contributed by atoms with Gasteiger partial charge in [-0.05, 0) is 48.9 Å². The van der Waals surface area contributed by atoms with E-state index in [0.29, 0.717) is 31.9 Å². The first-order valence-electron chi connectivity index (χ1n) is 11.7. The van der Waals surface area contributed by atoms with Crippen LogP contribution < -0.4 is 20.2 Å². The fourth-order valence-electron chi connectivity index (χ4n) is 4.65. The Bertz CT molecular complexity index is 1870. The fraction of sp³-hybridized carbons (Fsp3) is 0.0690. The highest BCUT2D eigenvalue weighted by molar-refractivity contribution is 7.07. The van der Waals surface area contributed by atoms with Crippen molar-refractivity contribution in [3.05, 3.63) is 133 Å². The lowest BCUT2D eigenvalue weighted by Gasteiger charge is -2.25. The number of halogens is 1. The number of carbonyl (C=O) groups excluding carboxylic acids is 1. The van der Waals surface area contributed by atoms with E-state index in [2.05, 4.69) is 15.3 Å². The average molecular weight is 509 g/mol. The third kappa shape index (κ3) is 4.11. The highest BCUT2D eigenvalue weighted by Crippen LogP contribution is 2.31. The molecule has 0 saturated carbocycles. The first kappa shape index (κ1) is 22.9. The van der Waals surface area contributed by atoms with Gasteiger partial charge >= 0.3 is 0 Å². The Labute approximate surface area is 214 Å². The van der Waals surface area contributed by atoms with Crippen molar-refractivity contribution in [1.29, 1.82) is 0 Å². The summed E-state index contributed by atoms with van der Waals surface area (Å²) in [6.45, 7) is 1.76. The van der Waals surface area contributed by atoms with Crippen molar-refractivity contribution in [2.45, 2.75) is 13.0 Å². The summed E-state index contributed by atoms with van der Waals surface area (Å²) < 4.78 is 15.8. The maximum atomic E-state index is 13.8. The molecular weight excluding hydrogens is 487 g/mol. The van der Waals surface area contributed by atoms with Crippen molar-refractivity contribution < 1.29 is 9.18 Å². The number of anilines is 1. The second-order valence-electron chi connectivity index (χ2n) is 8.74. The van der Waals surface area contributed by atoms with E-state index in [-0.39, 0.29) is 11.5 Å². The number of rotatable bonds is 4. The number of benzene rings is 3. The SMILES string of the molecule is CC1=C(C(=O)Nc2ccccc2)C(c2ccc(F)cc2)n2c(sc(=Cc3c[nH]c4ccccc34)c2=O)=N1. The zero-order valence-electron chi connectivity index (χ0n) is 19.7. The van der Waals surface area contributed by atoms with E-state index in [1.54, 1.807) is 31.2 Å². The molecule has 5 aromatic rings. The van der Waals surface area contributed by atoms with Gasteiger partial charge in [0.05, 0.1) is 21.8 Å². The van der Waals surface area contributed by atoms with Gasteiger partial charge < -0.3 is 10.3 Å². The number of hydrogen-bond donors (Lipinski definition) is 2. The van der Waals surface area contributed by atoms with Gasteiger partial charge in [-0.15, -0.1) is 0 Å². The highest BCUT2D eigenvalue weighted by Gasteiger charge is 2.32. The summed E-state index contributed by atoms with van der Waals surface area (Å²) in [5.74, 6) is -0.765. The number of H-pyrrole nitrogens is 1. The summed E-state index contributed by atoms with van der Waals surface area (Å²) in [5.41, 5.74) is 3.68. The molecule has 2 aromatic heterocycles. The molecule has 2 N–H and O–H groups in total. The predicted octanol–water partition coefficient (Wildman–Crippen LogP) is 4.49. The molecule has 8 heteroatoms. The van der Waals surface area contributed by atoms with E-state index in [9.17, 15) is 14.0 Å². The van der Waals surface area contributed by atoms with Crippen LogP contribution in [0.4, 0.5) is 10.1 Å². The third-order valence-corrected chi connectivity index (χ3v) is 7.37. The Balaban J connectivity index is 1.52. The normalized spacial score (nSPS) is 15.5. The van der Waals surface area contributed by atoms with E-state index in [0.717, 1.165) is 16.5 Å². The van der Waals surface area contributed by atoms with Crippen LogP contribution >= 0.6 is 11.3 Å². The number of aromatic amines is 1. The number of thiazole rings is 1. The maximum Gasteiger partial charge on any atom is 0.271 e. The lowest BCUT2D eigenvalue weighted by atomic mass is 9.95. The molecule has 6 nitrogen and oxygen atoms in total. The minimum absolute atomic E-state index is 0.263. The Morgan fingerprint density at radius 1 is 1.05 bits per heavy atom. The molecule has 1 unspecified atom stereocenters. The molecule has 0 spiro atoms. The molecular formula is C29H21FN4O2S. The molecule has 0 bridgehead atoms. The number of carbonyl (C=O) groups is 1. The third-order valence-electron chi connectivity index (χ3n) is 6.39. The van der Waals surface area contributed by atoms with E-state index in [4.69, 9.17) is 0 Å². The van der Waals surface area contributed by atoms with Crippen molar-refractivity contribution in [2.24, 2.45) is 4.99 Å². The lowest BCUT2D eigenvalue weighted by Crippen LogP contribution is -2.40. The molecule has 0 fully saturated rings. The van der Waals surface area contributed by atoms with Gasteiger partial charge in [0.2, 0.25) is 0 Å². The first-order valence-corrected chi connectivity index (χ1v) is 12.5. The van der Waals surface area contributed by atoms with Gasteiger partial charge in [0.15, 0.2) is 4.80 Å². The Kier molecular flexibility index (Phi) is 5.65. The van der Waals surface area contributed by atoms with E-state index >= 15 is 0 Å². The smallest absolute Gasteiger partial charge is 0.271 e. The molecule has 37 heavy (non-hydrogen) atoms. The Hall–Kier alpha value is -4.56. The summed E-state index contributed by atoms with van der Waals surface area (Å²) >= 11 is 1.27. The molecule has 182 valence electrons. The number of para-hydroxylation sites is 2. The molecule has 0 radical (unpaired) electrons. The van der Waals surface area contributed by atoms with Gasteiger partial charge in [0.25, 0.3) is 11.5 Å². The number of hydrogen-bond acceptors (Lipinski definition) is 4. The largest absolute Gasteiger partial charge is 0.361 e. The van der Waals surface area contributed by atoms with Crippen molar-refractivity contribution in [2.75, 3.05) is 5.32 Å². The second-order valence-corrected chi connectivity index (χ2v) is 9.75. The monoisotopic (exact) mass is 508 g/mol. The van der Waals surface area contributed by atoms with Crippen LogP contribution in [-0.2, 0) is 4.79 Å². The standard InChI is InChI=1S/C29H21FN4O2S/c1-17-25(27(35)33-21-7-3-2-4-8-21)26(18-11-13-20(30)14-12-18)34-28(36)24(37-29(34)32-17)15-19-16-31-23-10-6-5-9-22(19)23/h2-16,26,31H,1H3,(H,33,35). The van der Waals surface area contributed by atoms with Crippen LogP contribution in [-0.4, -0.2) is 15.5 Å². The van der Waals surface area contributed by atoms with Crippen LogP contribution in [0, 0.1) is 5.82 Å². The Morgan fingerprint density at radius 3 is 2.57 bits per heavy atom. The number of aromatic nitrogens is 2. The van der Waals surface area contributed by atoms with Crippen LogP contribution in [0.25, 0.3) is 17.0 Å². The molecule has 1 aliphatic heterocycles. The van der Waals surface area contributed by atoms with Crippen molar-refractivity contribution in [3.8, 4) is 0 Å². The number of allylic oxidation sites excluding steroid dienone is 1. The topological polar surface area (TPSA) is 79.2 Å². The zero-order chi connectivity index (χ0) is 25.5. The molecule has 0 saturated heterocycles. The number of fused-ring (bicyclic) bond motifs is 2. The molecule has 3 heterocycles.